The molecule has 0 spiro atoms. The Morgan fingerprint density at radius 1 is 1.16 bits per heavy atom. The molecule has 1 fully saturated rings. The summed E-state index contributed by atoms with van der Waals surface area (Å²) in [6.07, 6.45) is 1.02. The zero-order valence-corrected chi connectivity index (χ0v) is 17.3. The highest BCUT2D eigenvalue weighted by molar-refractivity contribution is 6.16. The fourth-order valence-electron chi connectivity index (χ4n) is 4.24. The van der Waals surface area contributed by atoms with Crippen LogP contribution in [0.4, 0.5) is 8.78 Å². The Labute approximate surface area is 183 Å². The molecule has 2 aromatic carbocycles. The van der Waals surface area contributed by atoms with Crippen LogP contribution in [-0.4, -0.2) is 44.2 Å². The number of aliphatic hydroxyl groups excluding tert-OH is 1. The average molecular weight is 444 g/mol. The predicted octanol–water partition coefficient (Wildman–Crippen LogP) is 3.55. The van der Waals surface area contributed by atoms with E-state index in [1.54, 1.807) is 31.2 Å². The van der Waals surface area contributed by atoms with Crippen molar-refractivity contribution in [3.8, 4) is 5.75 Å². The van der Waals surface area contributed by atoms with Crippen molar-refractivity contribution in [3.63, 3.8) is 0 Å². The highest BCUT2D eigenvalue weighted by Gasteiger charge is 2.52. The van der Waals surface area contributed by atoms with Gasteiger partial charge in [0.15, 0.2) is 17.1 Å². The Balaban J connectivity index is 1.60. The second-order valence-corrected chi connectivity index (χ2v) is 8.02. The van der Waals surface area contributed by atoms with Gasteiger partial charge >= 0.3 is 5.97 Å². The molecular weight excluding hydrogens is 422 g/mol. The number of aliphatic hydroxyl groups is 1. The number of hydrogen-bond acceptors (Lipinski definition) is 5. The third kappa shape index (κ3) is 3.58. The lowest BCUT2D eigenvalue weighted by atomic mass is 9.91. The second-order valence-electron chi connectivity index (χ2n) is 8.02. The molecule has 9 heteroatoms. The van der Waals surface area contributed by atoms with Crippen LogP contribution in [0.25, 0.3) is 0 Å². The van der Waals surface area contributed by atoms with Gasteiger partial charge in [-0.25, -0.2) is 14.2 Å². The second kappa shape index (κ2) is 8.23. The smallest absolute Gasteiger partial charge is 0.344 e. The quantitative estimate of drug-likeness (QED) is 0.663. The third-order valence-electron chi connectivity index (χ3n) is 5.99. The molecule has 1 atom stereocenters. The molecule has 2 heterocycles. The lowest BCUT2D eigenvalue weighted by Crippen LogP contribution is -2.60. The lowest BCUT2D eigenvalue weighted by Gasteiger charge is -2.46. The zero-order valence-electron chi connectivity index (χ0n) is 17.3. The van der Waals surface area contributed by atoms with Crippen molar-refractivity contribution in [2.75, 3.05) is 6.54 Å². The number of carboxylic acid groups (broad SMARTS) is 1. The van der Waals surface area contributed by atoms with Gasteiger partial charge in [-0.05, 0) is 31.4 Å². The minimum atomic E-state index is -1.57. The summed E-state index contributed by atoms with van der Waals surface area (Å²) in [5, 5.41) is 22.5. The van der Waals surface area contributed by atoms with Crippen molar-refractivity contribution in [1.82, 2.24) is 10.0 Å². The van der Waals surface area contributed by atoms with Gasteiger partial charge in [-0.3, -0.25) is 9.80 Å². The first kappa shape index (κ1) is 21.8. The number of nitrogens with zero attached hydrogens (tertiary/aromatic N) is 2. The number of aliphatic carboxylic acids is 1. The average Bonchev–Trinajstić information content (AvgIpc) is 3.17. The van der Waals surface area contributed by atoms with E-state index in [0.717, 1.165) is 10.6 Å². The van der Waals surface area contributed by atoms with E-state index in [1.807, 2.05) is 6.07 Å². The number of halogens is 2. The van der Waals surface area contributed by atoms with Gasteiger partial charge in [-0.15, -0.1) is 0 Å². The molecule has 4 rings (SSSR count). The minimum absolute atomic E-state index is 0.0549. The van der Waals surface area contributed by atoms with Crippen LogP contribution >= 0.6 is 0 Å². The first-order valence-corrected chi connectivity index (χ1v) is 10.1. The van der Waals surface area contributed by atoms with E-state index in [2.05, 4.69) is 0 Å². The van der Waals surface area contributed by atoms with E-state index in [4.69, 9.17) is 4.74 Å². The molecule has 1 saturated heterocycles. The Morgan fingerprint density at radius 3 is 2.56 bits per heavy atom. The van der Waals surface area contributed by atoms with Crippen LogP contribution < -0.4 is 4.74 Å². The Kier molecular flexibility index (Phi) is 5.60. The van der Waals surface area contributed by atoms with E-state index < -0.39 is 40.4 Å². The fourth-order valence-corrected chi connectivity index (χ4v) is 4.24. The van der Waals surface area contributed by atoms with Gasteiger partial charge in [-0.1, -0.05) is 36.4 Å². The molecular formula is C23H22F2N2O5. The van der Waals surface area contributed by atoms with Crippen molar-refractivity contribution >= 4 is 11.9 Å². The summed E-state index contributed by atoms with van der Waals surface area (Å²) < 4.78 is 34.9. The van der Waals surface area contributed by atoms with Gasteiger partial charge in [0, 0.05) is 12.1 Å². The topological polar surface area (TPSA) is 90.3 Å². The Hall–Kier alpha value is -3.46. The predicted molar refractivity (Wildman–Crippen MR) is 109 cm³/mol. The molecule has 0 saturated carbocycles. The number of hydrogen-bond donors (Lipinski definition) is 2. The minimum Gasteiger partial charge on any atom is -0.509 e. The van der Waals surface area contributed by atoms with Gasteiger partial charge in [0.05, 0.1) is 12.1 Å². The molecule has 32 heavy (non-hydrogen) atoms. The number of ether oxygens (including phenoxy) is 1. The summed E-state index contributed by atoms with van der Waals surface area (Å²) >= 11 is 0. The van der Waals surface area contributed by atoms with Crippen LogP contribution in [0.2, 0.25) is 0 Å². The summed E-state index contributed by atoms with van der Waals surface area (Å²) in [5.41, 5.74) is -1.20. The number of rotatable bonds is 6. The molecule has 0 radical (unpaired) electrons. The number of hydrazine groups is 1. The van der Waals surface area contributed by atoms with E-state index in [1.165, 1.54) is 17.1 Å². The van der Waals surface area contributed by atoms with Crippen molar-refractivity contribution in [2.24, 2.45) is 0 Å². The van der Waals surface area contributed by atoms with E-state index >= 15 is 0 Å². The number of carboxylic acids is 1. The van der Waals surface area contributed by atoms with Crippen LogP contribution in [0.1, 0.15) is 30.9 Å². The van der Waals surface area contributed by atoms with Crippen LogP contribution in [-0.2, 0) is 22.7 Å². The maximum atomic E-state index is 14.9. The molecule has 0 unspecified atom stereocenters. The van der Waals surface area contributed by atoms with Gasteiger partial charge < -0.3 is 14.9 Å². The molecule has 0 aromatic heterocycles. The van der Waals surface area contributed by atoms with E-state index in [9.17, 15) is 28.6 Å². The van der Waals surface area contributed by atoms with Gasteiger partial charge in [-0.2, -0.15) is 4.39 Å². The summed E-state index contributed by atoms with van der Waals surface area (Å²) in [5.74, 6) is -5.70. The number of fused-ring (bicyclic) bond motifs is 1. The van der Waals surface area contributed by atoms with Crippen LogP contribution in [0.5, 0.6) is 5.75 Å². The summed E-state index contributed by atoms with van der Waals surface area (Å²) in [6.45, 7) is 1.65. The number of amides is 1. The first-order valence-electron chi connectivity index (χ1n) is 10.1. The Bertz CT molecular complexity index is 1110. The maximum Gasteiger partial charge on any atom is 0.344 e. The lowest BCUT2D eigenvalue weighted by molar-refractivity contribution is -0.162. The largest absolute Gasteiger partial charge is 0.509 e. The molecule has 2 aliphatic heterocycles. The number of benzene rings is 2. The molecule has 1 amide bonds. The van der Waals surface area contributed by atoms with Crippen molar-refractivity contribution in [2.45, 2.75) is 38.5 Å². The Morgan fingerprint density at radius 2 is 1.88 bits per heavy atom. The summed E-state index contributed by atoms with van der Waals surface area (Å²) in [4.78, 5) is 24.5. The number of carbonyl (C=O) groups excluding carboxylic acids is 1. The SMILES string of the molecule is C[C@]12CCCN1N(Cc1ccc(OCc3ccccc3)c(F)c1F)C(=O)C(C(=O)O)=C2O. The highest BCUT2D eigenvalue weighted by Crippen LogP contribution is 2.41. The van der Waals surface area contributed by atoms with Crippen molar-refractivity contribution in [3.05, 3.63) is 76.6 Å². The molecule has 2 aromatic rings. The van der Waals surface area contributed by atoms with Crippen molar-refractivity contribution < 1.29 is 33.3 Å². The normalized spacial score (nSPS) is 21.1. The first-order chi connectivity index (χ1) is 15.2. The van der Waals surface area contributed by atoms with E-state index in [0.29, 0.717) is 19.4 Å². The van der Waals surface area contributed by atoms with Gasteiger partial charge in [0.2, 0.25) is 5.82 Å². The zero-order chi connectivity index (χ0) is 23.0. The molecule has 7 nitrogen and oxygen atoms in total. The summed E-state index contributed by atoms with van der Waals surface area (Å²) in [7, 11) is 0. The third-order valence-corrected chi connectivity index (χ3v) is 5.99. The van der Waals surface area contributed by atoms with Crippen LogP contribution in [0.3, 0.4) is 0 Å². The monoisotopic (exact) mass is 444 g/mol. The molecule has 168 valence electrons. The van der Waals surface area contributed by atoms with Gasteiger partial charge in [0.1, 0.15) is 12.4 Å². The maximum absolute atomic E-state index is 14.9. The van der Waals surface area contributed by atoms with Crippen LogP contribution in [0.15, 0.2) is 53.8 Å². The molecule has 2 N–H and O–H groups in total. The van der Waals surface area contributed by atoms with E-state index in [-0.39, 0.29) is 24.5 Å². The molecule has 0 aliphatic carbocycles. The standard InChI is InChI=1S/C23H22F2N2O5/c1-23-10-5-11-27(23)26(21(29)17(20(23)28)22(30)31)12-15-8-9-16(19(25)18(15)24)32-13-14-6-3-2-4-7-14/h2-4,6-9,28H,5,10-13H2,1H3,(H,30,31)/t23-/m1/s1. The highest BCUT2D eigenvalue weighted by atomic mass is 19.2. The summed E-state index contributed by atoms with van der Waals surface area (Å²) in [6, 6.07) is 11.6. The molecule has 2 aliphatic rings. The van der Waals surface area contributed by atoms with Crippen LogP contribution in [0, 0.1) is 11.6 Å². The fraction of sp³-hybridized carbons (Fsp3) is 0.304. The number of carbonyl (C=O) groups is 2. The molecule has 0 bridgehead atoms. The van der Waals surface area contributed by atoms with Crippen molar-refractivity contribution in [1.29, 1.82) is 0 Å². The van der Waals surface area contributed by atoms with Gasteiger partial charge in [0.25, 0.3) is 5.91 Å².